The monoisotopic (exact) mass is 227 g/mol. The molecule has 2 N–H and O–H groups in total. The van der Waals surface area contributed by atoms with Gasteiger partial charge < -0.3 is 5.11 Å². The van der Waals surface area contributed by atoms with Crippen LogP contribution in [0.4, 0.5) is 0 Å². The molecule has 0 aliphatic carbocycles. The molecule has 1 aromatic heterocycles. The fourth-order valence-electron chi connectivity index (χ4n) is 1.41. The van der Waals surface area contributed by atoms with Gasteiger partial charge in [-0.25, -0.2) is 0 Å². The molecule has 0 radical (unpaired) electrons. The number of hydrogen-bond donors (Lipinski definition) is 2. The van der Waals surface area contributed by atoms with Crippen LogP contribution in [0.3, 0.4) is 0 Å². The summed E-state index contributed by atoms with van der Waals surface area (Å²) in [5, 5.41) is 12.0. The van der Waals surface area contributed by atoms with Gasteiger partial charge in [-0.1, -0.05) is 13.3 Å². The lowest BCUT2D eigenvalue weighted by Gasteiger charge is -2.12. The third kappa shape index (κ3) is 4.01. The highest BCUT2D eigenvalue weighted by Gasteiger charge is 2.15. The molecule has 0 amide bonds. The summed E-state index contributed by atoms with van der Waals surface area (Å²) >= 11 is 1.70. The van der Waals surface area contributed by atoms with Gasteiger partial charge in [0.15, 0.2) is 0 Å². The van der Waals surface area contributed by atoms with E-state index >= 15 is 0 Å². The van der Waals surface area contributed by atoms with E-state index in [9.17, 15) is 4.79 Å². The van der Waals surface area contributed by atoms with Crippen LogP contribution in [0.1, 0.15) is 29.5 Å². The average Bonchev–Trinajstić information content (AvgIpc) is 2.58. The first kappa shape index (κ1) is 12.2. The summed E-state index contributed by atoms with van der Waals surface area (Å²) in [6.45, 7) is 4.69. The van der Waals surface area contributed by atoms with Crippen molar-refractivity contribution in [3.63, 3.8) is 0 Å². The van der Waals surface area contributed by atoms with Crippen molar-refractivity contribution in [3.05, 3.63) is 21.9 Å². The minimum Gasteiger partial charge on any atom is -0.480 e. The molecule has 0 saturated carbocycles. The van der Waals surface area contributed by atoms with Gasteiger partial charge in [-0.2, -0.15) is 0 Å². The fraction of sp³-hybridized carbons (Fsp3) is 0.545. The lowest BCUT2D eigenvalue weighted by atomic mass is 10.1. The van der Waals surface area contributed by atoms with Crippen molar-refractivity contribution >= 4 is 17.3 Å². The van der Waals surface area contributed by atoms with Gasteiger partial charge in [0.2, 0.25) is 0 Å². The highest BCUT2D eigenvalue weighted by molar-refractivity contribution is 7.11. The third-order valence-electron chi connectivity index (χ3n) is 2.19. The number of nitrogens with one attached hydrogen (secondary N) is 1. The van der Waals surface area contributed by atoms with Gasteiger partial charge in [-0.3, -0.25) is 10.1 Å². The Balaban J connectivity index is 2.43. The number of rotatable bonds is 6. The maximum Gasteiger partial charge on any atom is 0.320 e. The molecule has 1 unspecified atom stereocenters. The molecule has 84 valence electrons. The molecule has 3 nitrogen and oxygen atoms in total. The lowest BCUT2D eigenvalue weighted by Crippen LogP contribution is -2.35. The third-order valence-corrected chi connectivity index (χ3v) is 3.19. The van der Waals surface area contributed by atoms with Gasteiger partial charge in [0.25, 0.3) is 0 Å². The maximum atomic E-state index is 10.9. The molecule has 0 aliphatic rings. The zero-order valence-corrected chi connectivity index (χ0v) is 9.93. The Morgan fingerprint density at radius 2 is 2.33 bits per heavy atom. The standard InChI is InChI=1S/C11H17NO2S/c1-3-4-10(11(13)14)12-7-9-6-5-8(2)15-9/h5-6,10,12H,3-4,7H2,1-2H3,(H,13,14). The number of carbonyl (C=O) groups is 1. The predicted octanol–water partition coefficient (Wildman–Crippen LogP) is 2.40. The topological polar surface area (TPSA) is 49.3 Å². The van der Waals surface area contributed by atoms with Crippen molar-refractivity contribution < 1.29 is 9.90 Å². The van der Waals surface area contributed by atoms with E-state index in [2.05, 4.69) is 18.3 Å². The summed E-state index contributed by atoms with van der Waals surface area (Å²) in [7, 11) is 0. The summed E-state index contributed by atoms with van der Waals surface area (Å²) < 4.78 is 0. The largest absolute Gasteiger partial charge is 0.480 e. The number of thiophene rings is 1. The zero-order chi connectivity index (χ0) is 11.3. The van der Waals surface area contributed by atoms with Crippen LogP contribution in [0.15, 0.2) is 12.1 Å². The molecule has 4 heteroatoms. The molecule has 15 heavy (non-hydrogen) atoms. The average molecular weight is 227 g/mol. The van der Waals surface area contributed by atoms with E-state index in [0.29, 0.717) is 13.0 Å². The number of carboxylic acid groups (broad SMARTS) is 1. The van der Waals surface area contributed by atoms with E-state index in [1.165, 1.54) is 9.75 Å². The van der Waals surface area contributed by atoms with Gasteiger partial charge in [-0.05, 0) is 25.5 Å². The first-order chi connectivity index (χ1) is 7.13. The van der Waals surface area contributed by atoms with Gasteiger partial charge >= 0.3 is 5.97 Å². The summed E-state index contributed by atoms with van der Waals surface area (Å²) in [5.41, 5.74) is 0. The van der Waals surface area contributed by atoms with Gasteiger partial charge in [0.05, 0.1) is 0 Å². The minimum absolute atomic E-state index is 0.419. The Morgan fingerprint density at radius 1 is 1.60 bits per heavy atom. The van der Waals surface area contributed by atoms with Crippen LogP contribution in [-0.2, 0) is 11.3 Å². The van der Waals surface area contributed by atoms with E-state index in [0.717, 1.165) is 6.42 Å². The number of aryl methyl sites for hydroxylation is 1. The lowest BCUT2D eigenvalue weighted by molar-refractivity contribution is -0.139. The molecule has 1 rings (SSSR count). The van der Waals surface area contributed by atoms with E-state index in [1.54, 1.807) is 11.3 Å². The Morgan fingerprint density at radius 3 is 2.80 bits per heavy atom. The van der Waals surface area contributed by atoms with Crippen LogP contribution in [-0.4, -0.2) is 17.1 Å². The number of aliphatic carboxylic acids is 1. The van der Waals surface area contributed by atoms with Crippen LogP contribution < -0.4 is 5.32 Å². The quantitative estimate of drug-likeness (QED) is 0.784. The first-order valence-corrected chi connectivity index (χ1v) is 5.96. The van der Waals surface area contributed by atoms with Crippen molar-refractivity contribution in [2.75, 3.05) is 0 Å². The van der Waals surface area contributed by atoms with Gasteiger partial charge in [0.1, 0.15) is 6.04 Å². The van der Waals surface area contributed by atoms with Crippen LogP contribution in [0.5, 0.6) is 0 Å². The minimum atomic E-state index is -0.759. The second-order valence-corrected chi connectivity index (χ2v) is 4.95. The Hall–Kier alpha value is -0.870. The zero-order valence-electron chi connectivity index (χ0n) is 9.12. The molecular formula is C11H17NO2S. The summed E-state index contributed by atoms with van der Waals surface area (Å²) in [5.74, 6) is -0.759. The Labute approximate surface area is 94.1 Å². The summed E-state index contributed by atoms with van der Waals surface area (Å²) in [6, 6.07) is 3.67. The second kappa shape index (κ2) is 5.88. The van der Waals surface area contributed by atoms with Gasteiger partial charge in [-0.15, -0.1) is 11.3 Å². The molecule has 1 atom stereocenters. The van der Waals surface area contributed by atoms with Crippen LogP contribution in [0, 0.1) is 6.92 Å². The fourth-order valence-corrected chi connectivity index (χ4v) is 2.25. The van der Waals surface area contributed by atoms with Gasteiger partial charge in [0, 0.05) is 16.3 Å². The molecule has 0 aromatic carbocycles. The van der Waals surface area contributed by atoms with Crippen molar-refractivity contribution in [1.82, 2.24) is 5.32 Å². The van der Waals surface area contributed by atoms with Crippen LogP contribution in [0.2, 0.25) is 0 Å². The molecule has 0 aliphatic heterocycles. The number of hydrogen-bond acceptors (Lipinski definition) is 3. The van der Waals surface area contributed by atoms with E-state index in [4.69, 9.17) is 5.11 Å². The van der Waals surface area contributed by atoms with E-state index in [-0.39, 0.29) is 0 Å². The predicted molar refractivity (Wildman–Crippen MR) is 62.2 cm³/mol. The second-order valence-electron chi connectivity index (χ2n) is 3.57. The van der Waals surface area contributed by atoms with Crippen molar-refractivity contribution in [2.24, 2.45) is 0 Å². The molecule has 0 bridgehead atoms. The van der Waals surface area contributed by atoms with Crippen LogP contribution >= 0.6 is 11.3 Å². The maximum absolute atomic E-state index is 10.9. The normalized spacial score (nSPS) is 12.7. The highest BCUT2D eigenvalue weighted by atomic mass is 32.1. The smallest absolute Gasteiger partial charge is 0.320 e. The van der Waals surface area contributed by atoms with Crippen molar-refractivity contribution in [1.29, 1.82) is 0 Å². The number of carboxylic acids is 1. The molecule has 0 fully saturated rings. The molecule has 0 saturated heterocycles. The summed E-state index contributed by atoms with van der Waals surface area (Å²) in [4.78, 5) is 13.3. The summed E-state index contributed by atoms with van der Waals surface area (Å²) in [6.07, 6.45) is 1.56. The Bertz CT molecular complexity index is 322. The highest BCUT2D eigenvalue weighted by Crippen LogP contribution is 2.14. The molecule has 1 heterocycles. The van der Waals surface area contributed by atoms with E-state index in [1.807, 2.05) is 13.0 Å². The first-order valence-electron chi connectivity index (χ1n) is 5.15. The SMILES string of the molecule is CCCC(NCc1ccc(C)s1)C(=O)O. The van der Waals surface area contributed by atoms with Crippen molar-refractivity contribution in [2.45, 2.75) is 39.3 Å². The molecule has 0 spiro atoms. The van der Waals surface area contributed by atoms with Crippen molar-refractivity contribution in [3.8, 4) is 0 Å². The van der Waals surface area contributed by atoms with Crippen LogP contribution in [0.25, 0.3) is 0 Å². The molecule has 1 aromatic rings. The van der Waals surface area contributed by atoms with E-state index < -0.39 is 12.0 Å². The molecular weight excluding hydrogens is 210 g/mol. The Kier molecular flexibility index (Phi) is 4.78.